The monoisotopic (exact) mass is 522 g/mol. The smallest absolute Gasteiger partial charge is 0.246 e. The van der Waals surface area contributed by atoms with Gasteiger partial charge in [0.05, 0.1) is 12.6 Å². The molecule has 0 fully saturated rings. The molecule has 162 valence electrons. The zero-order valence-electron chi connectivity index (χ0n) is 17.6. The number of halogens is 1. The van der Waals surface area contributed by atoms with E-state index in [1.807, 2.05) is 41.3 Å². The first-order chi connectivity index (χ1) is 14.2. The molecular formula is C23H31IN4O2. The number of hydrogen-bond acceptors (Lipinski definition) is 3. The standard InChI is InChI=1S/C23H30N4O2.HI/c1-18(19-9-4-3-5-10-19)29-16-8-14-25-23(24-2)26-17-22(28)27-15-13-20-11-6-7-12-21(20)27;/h3-7,9-12,18H,8,13-17H2,1-2H3,(H2,24,25,26);1H. The summed E-state index contributed by atoms with van der Waals surface area (Å²) in [7, 11) is 1.71. The number of guanidine groups is 1. The SMILES string of the molecule is CN=C(NCCCOC(C)c1ccccc1)NCC(=O)N1CCc2ccccc21.I. The number of ether oxygens (including phenoxy) is 1. The highest BCUT2D eigenvalue weighted by molar-refractivity contribution is 14.0. The van der Waals surface area contributed by atoms with E-state index in [0.717, 1.165) is 31.6 Å². The molecule has 1 amide bonds. The number of para-hydroxylation sites is 1. The van der Waals surface area contributed by atoms with E-state index in [1.165, 1.54) is 11.1 Å². The van der Waals surface area contributed by atoms with Crippen LogP contribution in [0.1, 0.15) is 30.6 Å². The Labute approximate surface area is 196 Å². The van der Waals surface area contributed by atoms with Crippen LogP contribution in [0.15, 0.2) is 59.6 Å². The fourth-order valence-electron chi connectivity index (χ4n) is 3.43. The molecule has 3 rings (SSSR count). The second-order valence-electron chi connectivity index (χ2n) is 7.05. The molecule has 6 nitrogen and oxygen atoms in total. The van der Waals surface area contributed by atoms with Crippen LogP contribution < -0.4 is 15.5 Å². The van der Waals surface area contributed by atoms with Gasteiger partial charge in [0.25, 0.3) is 0 Å². The maximum absolute atomic E-state index is 12.6. The zero-order chi connectivity index (χ0) is 20.5. The predicted molar refractivity (Wildman–Crippen MR) is 133 cm³/mol. The van der Waals surface area contributed by atoms with Crippen molar-refractivity contribution in [2.75, 3.05) is 38.2 Å². The minimum atomic E-state index is 0. The molecule has 2 aromatic carbocycles. The Kier molecular flexibility index (Phi) is 10.1. The number of hydrogen-bond donors (Lipinski definition) is 2. The Morgan fingerprint density at radius 3 is 2.63 bits per heavy atom. The third kappa shape index (κ3) is 6.70. The lowest BCUT2D eigenvalue weighted by Gasteiger charge is -2.19. The van der Waals surface area contributed by atoms with E-state index in [9.17, 15) is 4.79 Å². The van der Waals surface area contributed by atoms with Crippen LogP contribution in [0.4, 0.5) is 5.69 Å². The molecular weight excluding hydrogens is 491 g/mol. The van der Waals surface area contributed by atoms with Gasteiger partial charge < -0.3 is 20.3 Å². The fourth-order valence-corrected chi connectivity index (χ4v) is 3.43. The average molecular weight is 522 g/mol. The lowest BCUT2D eigenvalue weighted by atomic mass is 10.1. The van der Waals surface area contributed by atoms with Crippen molar-refractivity contribution in [2.45, 2.75) is 25.9 Å². The van der Waals surface area contributed by atoms with E-state index in [-0.39, 0.29) is 42.5 Å². The number of nitrogens with one attached hydrogen (secondary N) is 2. The van der Waals surface area contributed by atoms with Gasteiger partial charge in [-0.05, 0) is 37.0 Å². The molecule has 1 atom stereocenters. The van der Waals surface area contributed by atoms with Gasteiger partial charge in [0, 0.05) is 32.4 Å². The van der Waals surface area contributed by atoms with Crippen molar-refractivity contribution >= 4 is 41.5 Å². The number of rotatable bonds is 8. The highest BCUT2D eigenvalue weighted by Crippen LogP contribution is 2.27. The number of nitrogens with zero attached hydrogens (tertiary/aromatic N) is 2. The Morgan fingerprint density at radius 1 is 1.13 bits per heavy atom. The van der Waals surface area contributed by atoms with Crippen molar-refractivity contribution in [3.05, 3.63) is 65.7 Å². The number of fused-ring (bicyclic) bond motifs is 1. The highest BCUT2D eigenvalue weighted by atomic mass is 127. The minimum absolute atomic E-state index is 0. The van der Waals surface area contributed by atoms with Gasteiger partial charge in [-0.3, -0.25) is 9.79 Å². The van der Waals surface area contributed by atoms with E-state index in [2.05, 4.69) is 40.7 Å². The first-order valence-corrected chi connectivity index (χ1v) is 10.2. The second-order valence-corrected chi connectivity index (χ2v) is 7.05. The second kappa shape index (κ2) is 12.5. The van der Waals surface area contributed by atoms with Crippen LogP contribution in [0.2, 0.25) is 0 Å². The highest BCUT2D eigenvalue weighted by Gasteiger charge is 2.23. The van der Waals surface area contributed by atoms with Crippen LogP contribution in [-0.4, -0.2) is 45.2 Å². The van der Waals surface area contributed by atoms with Crippen LogP contribution in [-0.2, 0) is 16.0 Å². The summed E-state index contributed by atoms with van der Waals surface area (Å²) in [4.78, 5) is 18.6. The summed E-state index contributed by atoms with van der Waals surface area (Å²) in [6, 6.07) is 18.3. The topological polar surface area (TPSA) is 66.0 Å². The molecule has 2 aromatic rings. The molecule has 0 spiro atoms. The minimum Gasteiger partial charge on any atom is -0.374 e. The van der Waals surface area contributed by atoms with Crippen molar-refractivity contribution < 1.29 is 9.53 Å². The summed E-state index contributed by atoms with van der Waals surface area (Å²) in [5.74, 6) is 0.680. The normalized spacial score (nSPS) is 13.9. The lowest BCUT2D eigenvalue weighted by molar-refractivity contribution is -0.117. The Hall–Kier alpha value is -2.13. The van der Waals surface area contributed by atoms with Crippen LogP contribution in [0.25, 0.3) is 0 Å². The third-order valence-corrected chi connectivity index (χ3v) is 5.07. The summed E-state index contributed by atoms with van der Waals surface area (Å²) in [5.41, 5.74) is 3.43. The van der Waals surface area contributed by atoms with Gasteiger partial charge in [-0.15, -0.1) is 24.0 Å². The molecule has 0 aliphatic carbocycles. The number of amides is 1. The summed E-state index contributed by atoms with van der Waals surface area (Å²) < 4.78 is 5.88. The van der Waals surface area contributed by atoms with Gasteiger partial charge in [-0.2, -0.15) is 0 Å². The van der Waals surface area contributed by atoms with Crippen LogP contribution in [0.5, 0.6) is 0 Å². The quantitative estimate of drug-likeness (QED) is 0.241. The van der Waals surface area contributed by atoms with E-state index < -0.39 is 0 Å². The van der Waals surface area contributed by atoms with E-state index in [0.29, 0.717) is 12.6 Å². The van der Waals surface area contributed by atoms with E-state index in [4.69, 9.17) is 4.74 Å². The van der Waals surface area contributed by atoms with Crippen LogP contribution in [0.3, 0.4) is 0 Å². The predicted octanol–water partition coefficient (Wildman–Crippen LogP) is 3.53. The average Bonchev–Trinajstić information content (AvgIpc) is 3.20. The molecule has 0 aromatic heterocycles. The molecule has 0 saturated heterocycles. The molecule has 2 N–H and O–H groups in total. The lowest BCUT2D eigenvalue weighted by Crippen LogP contribution is -2.44. The molecule has 1 heterocycles. The van der Waals surface area contributed by atoms with Crippen molar-refractivity contribution in [2.24, 2.45) is 4.99 Å². The Bertz CT molecular complexity index is 829. The molecule has 1 aliphatic heterocycles. The molecule has 7 heteroatoms. The largest absolute Gasteiger partial charge is 0.374 e. The molecule has 0 bridgehead atoms. The van der Waals surface area contributed by atoms with E-state index in [1.54, 1.807) is 7.05 Å². The first kappa shape index (κ1) is 24.1. The number of benzene rings is 2. The van der Waals surface area contributed by atoms with Gasteiger partial charge in [0.1, 0.15) is 0 Å². The fraction of sp³-hybridized carbons (Fsp3) is 0.391. The van der Waals surface area contributed by atoms with Gasteiger partial charge in [0.15, 0.2) is 5.96 Å². The van der Waals surface area contributed by atoms with Gasteiger partial charge in [-0.25, -0.2) is 0 Å². The number of carbonyl (C=O) groups is 1. The van der Waals surface area contributed by atoms with Gasteiger partial charge in [0.2, 0.25) is 5.91 Å². The molecule has 0 radical (unpaired) electrons. The Balaban J connectivity index is 0.00000320. The van der Waals surface area contributed by atoms with Crippen molar-refractivity contribution in [3.8, 4) is 0 Å². The van der Waals surface area contributed by atoms with E-state index >= 15 is 0 Å². The first-order valence-electron chi connectivity index (χ1n) is 10.2. The molecule has 1 aliphatic rings. The van der Waals surface area contributed by atoms with Gasteiger partial charge >= 0.3 is 0 Å². The Morgan fingerprint density at radius 2 is 1.87 bits per heavy atom. The maximum Gasteiger partial charge on any atom is 0.246 e. The van der Waals surface area contributed by atoms with Crippen molar-refractivity contribution in [1.29, 1.82) is 0 Å². The van der Waals surface area contributed by atoms with Crippen LogP contribution in [0, 0.1) is 0 Å². The zero-order valence-corrected chi connectivity index (χ0v) is 20.0. The molecule has 1 unspecified atom stereocenters. The molecule has 30 heavy (non-hydrogen) atoms. The van der Waals surface area contributed by atoms with Crippen LogP contribution >= 0.6 is 24.0 Å². The van der Waals surface area contributed by atoms with Crippen molar-refractivity contribution in [1.82, 2.24) is 10.6 Å². The number of aliphatic imine (C=N–C) groups is 1. The summed E-state index contributed by atoms with van der Waals surface area (Å²) >= 11 is 0. The third-order valence-electron chi connectivity index (χ3n) is 5.07. The summed E-state index contributed by atoms with van der Waals surface area (Å²) in [5, 5.41) is 6.35. The van der Waals surface area contributed by atoms with Crippen molar-refractivity contribution in [3.63, 3.8) is 0 Å². The maximum atomic E-state index is 12.6. The number of anilines is 1. The summed E-state index contributed by atoms with van der Waals surface area (Å²) in [6.07, 6.45) is 1.84. The number of carbonyl (C=O) groups excluding carboxylic acids is 1. The molecule has 0 saturated carbocycles. The summed E-state index contributed by atoms with van der Waals surface area (Å²) in [6.45, 7) is 4.40. The van der Waals surface area contributed by atoms with Gasteiger partial charge in [-0.1, -0.05) is 48.5 Å².